The normalized spacial score (nSPS) is 10.1. The summed E-state index contributed by atoms with van der Waals surface area (Å²) >= 11 is 0. The summed E-state index contributed by atoms with van der Waals surface area (Å²) < 4.78 is 0. The van der Waals surface area contributed by atoms with Crippen LogP contribution in [-0.4, -0.2) is 21.1 Å². The van der Waals surface area contributed by atoms with Gasteiger partial charge in [0.05, 0.1) is 11.1 Å². The number of carbonyl (C=O) groups excluding carboxylic acids is 1. The fourth-order valence-corrected chi connectivity index (χ4v) is 1.61. The van der Waals surface area contributed by atoms with Gasteiger partial charge in [0.25, 0.3) is 5.91 Å². The van der Waals surface area contributed by atoms with Crippen LogP contribution in [0.25, 0.3) is 11.1 Å². The van der Waals surface area contributed by atoms with Crippen LogP contribution in [-0.2, 0) is 0 Å². The molecule has 5 nitrogen and oxygen atoms in total. The molecule has 2 aromatic rings. The third-order valence-corrected chi connectivity index (χ3v) is 2.38. The van der Waals surface area contributed by atoms with Crippen LogP contribution in [0.3, 0.4) is 0 Å². The number of benzene rings is 1. The Morgan fingerprint density at radius 3 is 2.41 bits per heavy atom. The third-order valence-electron chi connectivity index (χ3n) is 2.38. The molecule has 0 radical (unpaired) electrons. The number of phenolic OH excluding ortho intramolecular Hbond substituents is 2. The Bertz CT molecular complexity index is 561. The Labute approximate surface area is 97.2 Å². The van der Waals surface area contributed by atoms with Gasteiger partial charge in [-0.15, -0.1) is 0 Å². The van der Waals surface area contributed by atoms with E-state index in [1.807, 2.05) is 0 Å². The lowest BCUT2D eigenvalue weighted by Gasteiger charge is -2.09. The van der Waals surface area contributed by atoms with E-state index in [9.17, 15) is 15.0 Å². The summed E-state index contributed by atoms with van der Waals surface area (Å²) in [7, 11) is 0. The van der Waals surface area contributed by atoms with Crippen LogP contribution in [0.5, 0.6) is 11.5 Å². The third kappa shape index (κ3) is 1.90. The van der Waals surface area contributed by atoms with Gasteiger partial charge in [-0.2, -0.15) is 0 Å². The molecule has 0 aliphatic carbocycles. The van der Waals surface area contributed by atoms with E-state index in [4.69, 9.17) is 5.73 Å². The lowest BCUT2D eigenvalue weighted by atomic mass is 9.99. The highest BCUT2D eigenvalue weighted by molar-refractivity contribution is 6.00. The number of nitrogens with zero attached hydrogens (tertiary/aromatic N) is 1. The Hall–Kier alpha value is -2.56. The van der Waals surface area contributed by atoms with Crippen LogP contribution in [0.1, 0.15) is 10.4 Å². The summed E-state index contributed by atoms with van der Waals surface area (Å²) in [5.41, 5.74) is 5.87. The van der Waals surface area contributed by atoms with E-state index in [1.165, 1.54) is 36.7 Å². The van der Waals surface area contributed by atoms with Gasteiger partial charge in [0.2, 0.25) is 0 Å². The molecule has 0 bridgehead atoms. The predicted octanol–water partition coefficient (Wildman–Crippen LogP) is 1.26. The first-order valence-corrected chi connectivity index (χ1v) is 4.86. The maximum Gasteiger partial charge on any atom is 0.250 e. The number of rotatable bonds is 2. The largest absolute Gasteiger partial charge is 0.507 e. The van der Waals surface area contributed by atoms with Gasteiger partial charge in [-0.3, -0.25) is 9.78 Å². The van der Waals surface area contributed by atoms with E-state index in [1.54, 1.807) is 0 Å². The van der Waals surface area contributed by atoms with Crippen molar-refractivity contribution < 1.29 is 15.0 Å². The van der Waals surface area contributed by atoms with Gasteiger partial charge >= 0.3 is 0 Å². The van der Waals surface area contributed by atoms with Crippen molar-refractivity contribution >= 4 is 5.91 Å². The Balaban J connectivity index is 2.73. The molecule has 0 saturated carbocycles. The summed E-state index contributed by atoms with van der Waals surface area (Å²) in [5, 5.41) is 19.4. The van der Waals surface area contributed by atoms with Gasteiger partial charge in [-0.25, -0.2) is 0 Å². The quantitative estimate of drug-likeness (QED) is 0.723. The van der Waals surface area contributed by atoms with Crippen molar-refractivity contribution in [3.05, 3.63) is 42.2 Å². The van der Waals surface area contributed by atoms with Crippen molar-refractivity contribution in [1.82, 2.24) is 4.98 Å². The summed E-state index contributed by atoms with van der Waals surface area (Å²) in [5.74, 6) is -0.923. The van der Waals surface area contributed by atoms with Crippen molar-refractivity contribution in [2.45, 2.75) is 0 Å². The fourth-order valence-electron chi connectivity index (χ4n) is 1.61. The zero-order valence-electron chi connectivity index (χ0n) is 8.79. The second-order valence-corrected chi connectivity index (χ2v) is 3.46. The number of carbonyl (C=O) groups is 1. The molecule has 1 heterocycles. The smallest absolute Gasteiger partial charge is 0.250 e. The van der Waals surface area contributed by atoms with Crippen LogP contribution in [0.4, 0.5) is 0 Å². The summed E-state index contributed by atoms with van der Waals surface area (Å²) in [6.45, 7) is 0. The topological polar surface area (TPSA) is 96.4 Å². The van der Waals surface area contributed by atoms with Gasteiger partial charge in [-0.1, -0.05) is 6.07 Å². The first kappa shape index (κ1) is 10.9. The van der Waals surface area contributed by atoms with Crippen molar-refractivity contribution in [3.8, 4) is 22.6 Å². The number of hydrogen-bond acceptors (Lipinski definition) is 4. The van der Waals surface area contributed by atoms with Crippen LogP contribution >= 0.6 is 0 Å². The maximum atomic E-state index is 11.2. The summed E-state index contributed by atoms with van der Waals surface area (Å²) in [6.07, 6.45) is 2.75. The van der Waals surface area contributed by atoms with Gasteiger partial charge < -0.3 is 15.9 Å². The Morgan fingerprint density at radius 2 is 1.82 bits per heavy atom. The minimum Gasteiger partial charge on any atom is -0.507 e. The number of aromatic nitrogens is 1. The molecule has 2 rings (SSSR count). The van der Waals surface area contributed by atoms with Gasteiger partial charge in [0.15, 0.2) is 0 Å². The molecule has 0 aliphatic heterocycles. The molecule has 5 heteroatoms. The lowest BCUT2D eigenvalue weighted by molar-refractivity contribution is 0.100. The molecular formula is C12H10N2O3. The average Bonchev–Trinajstić information content (AvgIpc) is 2.29. The standard InChI is InChI=1S/C12H10N2O3/c13-12(17)8-6-14-5-4-7(8)11-9(15)2-1-3-10(11)16/h1-6,15-16H,(H2,13,17). The number of amides is 1. The Kier molecular flexibility index (Phi) is 2.66. The monoisotopic (exact) mass is 230 g/mol. The van der Waals surface area contributed by atoms with Crippen LogP contribution in [0, 0.1) is 0 Å². The highest BCUT2D eigenvalue weighted by Crippen LogP contribution is 2.38. The van der Waals surface area contributed by atoms with Gasteiger partial charge in [0, 0.05) is 18.0 Å². The molecule has 0 fully saturated rings. The molecule has 1 amide bonds. The second kappa shape index (κ2) is 4.13. The molecule has 0 unspecified atom stereocenters. The molecule has 0 aliphatic rings. The fraction of sp³-hybridized carbons (Fsp3) is 0. The van der Waals surface area contributed by atoms with Crippen LogP contribution < -0.4 is 5.73 Å². The molecule has 86 valence electrons. The molecular weight excluding hydrogens is 220 g/mol. The van der Waals surface area contributed by atoms with E-state index in [0.29, 0.717) is 5.56 Å². The molecule has 17 heavy (non-hydrogen) atoms. The van der Waals surface area contributed by atoms with Crippen LogP contribution in [0.2, 0.25) is 0 Å². The van der Waals surface area contributed by atoms with Gasteiger partial charge in [-0.05, 0) is 18.2 Å². The average molecular weight is 230 g/mol. The summed E-state index contributed by atoms with van der Waals surface area (Å²) in [6, 6.07) is 5.84. The minimum atomic E-state index is -0.671. The van der Waals surface area contributed by atoms with Gasteiger partial charge in [0.1, 0.15) is 11.5 Å². The highest BCUT2D eigenvalue weighted by Gasteiger charge is 2.16. The minimum absolute atomic E-state index is 0.126. The molecule has 0 spiro atoms. The Morgan fingerprint density at radius 1 is 1.18 bits per heavy atom. The summed E-state index contributed by atoms with van der Waals surface area (Å²) in [4.78, 5) is 15.0. The molecule has 1 aromatic heterocycles. The van der Waals surface area contributed by atoms with Crippen LogP contribution in [0.15, 0.2) is 36.7 Å². The SMILES string of the molecule is NC(=O)c1cnccc1-c1c(O)cccc1O. The molecule has 1 aromatic carbocycles. The number of hydrogen-bond donors (Lipinski definition) is 3. The highest BCUT2D eigenvalue weighted by atomic mass is 16.3. The zero-order valence-corrected chi connectivity index (χ0v) is 8.79. The molecule has 4 N–H and O–H groups in total. The second-order valence-electron chi connectivity index (χ2n) is 3.46. The maximum absolute atomic E-state index is 11.2. The van der Waals surface area contributed by atoms with E-state index in [2.05, 4.69) is 4.98 Å². The first-order chi connectivity index (χ1) is 8.11. The van der Waals surface area contributed by atoms with E-state index < -0.39 is 5.91 Å². The molecule has 0 atom stereocenters. The van der Waals surface area contributed by atoms with E-state index >= 15 is 0 Å². The van der Waals surface area contributed by atoms with Crippen molar-refractivity contribution in [2.24, 2.45) is 5.73 Å². The van der Waals surface area contributed by atoms with Crippen molar-refractivity contribution in [1.29, 1.82) is 0 Å². The van der Waals surface area contributed by atoms with Crippen molar-refractivity contribution in [2.75, 3.05) is 0 Å². The first-order valence-electron chi connectivity index (χ1n) is 4.86. The predicted molar refractivity (Wildman–Crippen MR) is 61.5 cm³/mol. The van der Waals surface area contributed by atoms with E-state index in [-0.39, 0.29) is 22.6 Å². The van der Waals surface area contributed by atoms with Crippen molar-refractivity contribution in [3.63, 3.8) is 0 Å². The van der Waals surface area contributed by atoms with E-state index in [0.717, 1.165) is 0 Å². The number of phenols is 2. The lowest BCUT2D eigenvalue weighted by Crippen LogP contribution is -2.12. The molecule has 0 saturated heterocycles. The number of nitrogens with two attached hydrogens (primary N) is 1. The number of aromatic hydroxyl groups is 2. The number of primary amides is 1. The zero-order chi connectivity index (χ0) is 12.4. The number of pyridine rings is 1.